The van der Waals surface area contributed by atoms with E-state index in [1.54, 1.807) is 29.8 Å². The van der Waals surface area contributed by atoms with Crippen LogP contribution < -0.4 is 0 Å². The molecule has 1 aromatic heterocycles. The molecule has 0 aliphatic carbocycles. The molecule has 1 saturated heterocycles. The first kappa shape index (κ1) is 17.9. The number of aromatic nitrogens is 3. The van der Waals surface area contributed by atoms with Gasteiger partial charge in [-0.3, -0.25) is 4.79 Å². The van der Waals surface area contributed by atoms with Gasteiger partial charge in [0.15, 0.2) is 11.0 Å². The number of amides is 1. The average Bonchev–Trinajstić information content (AvgIpc) is 3.00. The van der Waals surface area contributed by atoms with Crippen molar-refractivity contribution in [3.05, 3.63) is 30.1 Å². The molecule has 0 bridgehead atoms. The van der Waals surface area contributed by atoms with Gasteiger partial charge < -0.3 is 9.47 Å². The SMILES string of the molecule is CC[C@H]1CCCCN1C(=O)CSc1nnc(-c2ccccc2F)n1C. The van der Waals surface area contributed by atoms with Crippen LogP contribution in [0.15, 0.2) is 29.4 Å². The Hall–Kier alpha value is -1.89. The van der Waals surface area contributed by atoms with E-state index in [4.69, 9.17) is 0 Å². The summed E-state index contributed by atoms with van der Waals surface area (Å²) >= 11 is 1.36. The maximum Gasteiger partial charge on any atom is 0.233 e. The van der Waals surface area contributed by atoms with Gasteiger partial charge in [0, 0.05) is 19.6 Å². The molecule has 1 atom stereocenters. The van der Waals surface area contributed by atoms with E-state index < -0.39 is 0 Å². The van der Waals surface area contributed by atoms with E-state index in [0.717, 1.165) is 25.8 Å². The van der Waals surface area contributed by atoms with Crippen molar-refractivity contribution in [1.29, 1.82) is 0 Å². The minimum absolute atomic E-state index is 0.145. The van der Waals surface area contributed by atoms with E-state index in [2.05, 4.69) is 17.1 Å². The number of carbonyl (C=O) groups is 1. The standard InChI is InChI=1S/C18H23FN4OS/c1-3-13-8-6-7-11-23(13)16(24)12-25-18-21-20-17(22(18)2)14-9-4-5-10-15(14)19/h4-5,9-10,13H,3,6-8,11-12H2,1-2H3/t13-/m0/s1. The molecule has 1 fully saturated rings. The highest BCUT2D eigenvalue weighted by Crippen LogP contribution is 2.26. The van der Waals surface area contributed by atoms with Gasteiger partial charge in [-0.15, -0.1) is 10.2 Å². The summed E-state index contributed by atoms with van der Waals surface area (Å²) in [6.45, 7) is 2.98. The molecule has 2 aromatic rings. The Bertz CT molecular complexity index is 748. The monoisotopic (exact) mass is 362 g/mol. The van der Waals surface area contributed by atoms with Crippen molar-refractivity contribution >= 4 is 17.7 Å². The third-order valence-corrected chi connectivity index (χ3v) is 5.70. The summed E-state index contributed by atoms with van der Waals surface area (Å²) in [6.07, 6.45) is 4.37. The molecule has 0 spiro atoms. The Kier molecular flexibility index (Phi) is 5.73. The molecule has 1 amide bonds. The zero-order valence-electron chi connectivity index (χ0n) is 14.6. The normalized spacial score (nSPS) is 17.7. The highest BCUT2D eigenvalue weighted by atomic mass is 32.2. The zero-order valence-corrected chi connectivity index (χ0v) is 15.4. The van der Waals surface area contributed by atoms with Crippen LogP contribution in [0.1, 0.15) is 32.6 Å². The molecule has 5 nitrogen and oxygen atoms in total. The van der Waals surface area contributed by atoms with Crippen LogP contribution in [0.4, 0.5) is 4.39 Å². The number of hydrogen-bond donors (Lipinski definition) is 0. The third-order valence-electron chi connectivity index (χ3n) is 4.69. The molecule has 25 heavy (non-hydrogen) atoms. The van der Waals surface area contributed by atoms with Crippen molar-refractivity contribution in [3.8, 4) is 11.4 Å². The van der Waals surface area contributed by atoms with Gasteiger partial charge >= 0.3 is 0 Å². The van der Waals surface area contributed by atoms with Gasteiger partial charge in [-0.05, 0) is 37.8 Å². The fourth-order valence-electron chi connectivity index (χ4n) is 3.28. The molecule has 1 aliphatic heterocycles. The Labute approximate surface area is 151 Å². The number of halogens is 1. The second kappa shape index (κ2) is 7.99. The van der Waals surface area contributed by atoms with Crippen LogP contribution in [-0.2, 0) is 11.8 Å². The number of hydrogen-bond acceptors (Lipinski definition) is 4. The Morgan fingerprint density at radius 3 is 2.88 bits per heavy atom. The maximum atomic E-state index is 14.0. The van der Waals surface area contributed by atoms with E-state index >= 15 is 0 Å². The highest BCUT2D eigenvalue weighted by molar-refractivity contribution is 7.99. The molecule has 0 saturated carbocycles. The molecular weight excluding hydrogens is 339 g/mol. The molecule has 0 unspecified atom stereocenters. The van der Waals surface area contributed by atoms with Crippen molar-refractivity contribution in [1.82, 2.24) is 19.7 Å². The summed E-state index contributed by atoms with van der Waals surface area (Å²) in [5.41, 5.74) is 0.415. The number of benzene rings is 1. The van der Waals surface area contributed by atoms with Crippen molar-refractivity contribution in [3.63, 3.8) is 0 Å². The second-order valence-corrected chi connectivity index (χ2v) is 7.22. The lowest BCUT2D eigenvalue weighted by atomic mass is 10.0. The second-order valence-electron chi connectivity index (χ2n) is 6.28. The molecular formula is C18H23FN4OS. The maximum absolute atomic E-state index is 14.0. The van der Waals surface area contributed by atoms with Gasteiger partial charge in [0.2, 0.25) is 5.91 Å². The van der Waals surface area contributed by atoms with E-state index in [1.165, 1.54) is 24.2 Å². The molecule has 0 N–H and O–H groups in total. The predicted octanol–water partition coefficient (Wildman–Crippen LogP) is 3.50. The van der Waals surface area contributed by atoms with Gasteiger partial charge in [0.1, 0.15) is 5.82 Å². The molecule has 2 heterocycles. The first-order chi connectivity index (χ1) is 12.1. The molecule has 3 rings (SSSR count). The average molecular weight is 362 g/mol. The van der Waals surface area contributed by atoms with Gasteiger partial charge in [0.25, 0.3) is 0 Å². The zero-order chi connectivity index (χ0) is 17.8. The van der Waals surface area contributed by atoms with E-state index in [9.17, 15) is 9.18 Å². The van der Waals surface area contributed by atoms with E-state index in [1.807, 2.05) is 4.90 Å². The van der Waals surface area contributed by atoms with E-state index in [0.29, 0.717) is 28.3 Å². The lowest BCUT2D eigenvalue weighted by Crippen LogP contribution is -2.44. The molecule has 7 heteroatoms. The van der Waals surface area contributed by atoms with Gasteiger partial charge in [-0.1, -0.05) is 30.8 Å². The topological polar surface area (TPSA) is 51.0 Å². The summed E-state index contributed by atoms with van der Waals surface area (Å²) in [5.74, 6) is 0.619. The largest absolute Gasteiger partial charge is 0.339 e. The van der Waals surface area contributed by atoms with Crippen LogP contribution in [-0.4, -0.2) is 43.9 Å². The number of piperidine rings is 1. The van der Waals surface area contributed by atoms with Crippen LogP contribution in [0.2, 0.25) is 0 Å². The Balaban J connectivity index is 1.68. The van der Waals surface area contributed by atoms with Crippen molar-refractivity contribution < 1.29 is 9.18 Å². The van der Waals surface area contributed by atoms with Crippen LogP contribution in [0.25, 0.3) is 11.4 Å². The van der Waals surface area contributed by atoms with Crippen LogP contribution in [0.3, 0.4) is 0 Å². The van der Waals surface area contributed by atoms with Crippen molar-refractivity contribution in [2.75, 3.05) is 12.3 Å². The quantitative estimate of drug-likeness (QED) is 0.764. The highest BCUT2D eigenvalue weighted by Gasteiger charge is 2.25. The smallest absolute Gasteiger partial charge is 0.233 e. The lowest BCUT2D eigenvalue weighted by Gasteiger charge is -2.35. The van der Waals surface area contributed by atoms with Crippen molar-refractivity contribution in [2.24, 2.45) is 7.05 Å². The van der Waals surface area contributed by atoms with Crippen LogP contribution >= 0.6 is 11.8 Å². The number of thioether (sulfide) groups is 1. The Morgan fingerprint density at radius 1 is 1.32 bits per heavy atom. The summed E-state index contributed by atoms with van der Waals surface area (Å²) in [5, 5.41) is 8.85. The van der Waals surface area contributed by atoms with Gasteiger partial charge in [-0.2, -0.15) is 0 Å². The fourth-order valence-corrected chi connectivity index (χ4v) is 4.08. The van der Waals surface area contributed by atoms with Crippen LogP contribution in [0, 0.1) is 5.82 Å². The number of likely N-dealkylation sites (tertiary alicyclic amines) is 1. The summed E-state index contributed by atoms with van der Waals surface area (Å²) in [4.78, 5) is 14.6. The summed E-state index contributed by atoms with van der Waals surface area (Å²) in [7, 11) is 1.80. The number of nitrogens with zero attached hydrogens (tertiary/aromatic N) is 4. The summed E-state index contributed by atoms with van der Waals surface area (Å²) < 4.78 is 15.7. The minimum Gasteiger partial charge on any atom is -0.339 e. The minimum atomic E-state index is -0.329. The van der Waals surface area contributed by atoms with E-state index in [-0.39, 0.29) is 11.7 Å². The first-order valence-electron chi connectivity index (χ1n) is 8.68. The van der Waals surface area contributed by atoms with Crippen molar-refractivity contribution in [2.45, 2.75) is 43.8 Å². The molecule has 1 aliphatic rings. The summed E-state index contributed by atoms with van der Waals surface area (Å²) in [6, 6.07) is 6.85. The first-order valence-corrected chi connectivity index (χ1v) is 9.67. The Morgan fingerprint density at radius 2 is 2.12 bits per heavy atom. The fraction of sp³-hybridized carbons (Fsp3) is 0.500. The van der Waals surface area contributed by atoms with Gasteiger partial charge in [-0.25, -0.2) is 4.39 Å². The molecule has 1 aromatic carbocycles. The molecule has 0 radical (unpaired) electrons. The lowest BCUT2D eigenvalue weighted by molar-refractivity contribution is -0.132. The molecule has 134 valence electrons. The number of rotatable bonds is 5. The predicted molar refractivity (Wildman–Crippen MR) is 96.8 cm³/mol. The van der Waals surface area contributed by atoms with Crippen LogP contribution in [0.5, 0.6) is 0 Å². The number of carbonyl (C=O) groups excluding carboxylic acids is 1. The third kappa shape index (κ3) is 3.86. The van der Waals surface area contributed by atoms with Gasteiger partial charge in [0.05, 0.1) is 11.3 Å².